The summed E-state index contributed by atoms with van der Waals surface area (Å²) in [6.07, 6.45) is 3.69. The Kier molecular flexibility index (Phi) is 4.01. The number of fused-ring (bicyclic) bond motifs is 1. The number of benzene rings is 2. The minimum absolute atomic E-state index is 0.790. The quantitative estimate of drug-likeness (QED) is 0.731. The standard InChI is InChI=1S/C18H19N3/c1-2-20-16-10-17(13-19-12-16)21-11-15-8-5-7-14-6-3-4-9-18(14)15/h3-10,12-13,20-21H,2,11H2,1H3. The molecule has 0 unspecified atom stereocenters. The predicted octanol–water partition coefficient (Wildman–Crippen LogP) is 4.28. The van der Waals surface area contributed by atoms with Gasteiger partial charge in [0.05, 0.1) is 23.8 Å². The lowest BCUT2D eigenvalue weighted by Gasteiger charge is -2.10. The molecule has 0 atom stereocenters. The van der Waals surface area contributed by atoms with Crippen LogP contribution in [0, 0.1) is 0 Å². The van der Waals surface area contributed by atoms with Gasteiger partial charge in [-0.1, -0.05) is 42.5 Å². The fraction of sp³-hybridized carbons (Fsp3) is 0.167. The van der Waals surface area contributed by atoms with E-state index in [2.05, 4.69) is 71.1 Å². The van der Waals surface area contributed by atoms with E-state index in [1.807, 2.05) is 12.4 Å². The molecular formula is C18H19N3. The lowest BCUT2D eigenvalue weighted by Crippen LogP contribution is -2.02. The van der Waals surface area contributed by atoms with E-state index in [0.29, 0.717) is 0 Å². The Morgan fingerprint density at radius 3 is 2.52 bits per heavy atom. The maximum atomic E-state index is 4.25. The van der Waals surface area contributed by atoms with E-state index < -0.39 is 0 Å². The second kappa shape index (κ2) is 6.27. The Balaban J connectivity index is 1.79. The normalized spacial score (nSPS) is 10.5. The van der Waals surface area contributed by atoms with Gasteiger partial charge < -0.3 is 10.6 Å². The van der Waals surface area contributed by atoms with Crippen molar-refractivity contribution in [3.05, 3.63) is 66.5 Å². The van der Waals surface area contributed by atoms with E-state index in [-0.39, 0.29) is 0 Å². The zero-order valence-corrected chi connectivity index (χ0v) is 12.1. The first-order chi connectivity index (χ1) is 10.4. The van der Waals surface area contributed by atoms with E-state index in [0.717, 1.165) is 24.5 Å². The molecular weight excluding hydrogens is 258 g/mol. The molecule has 1 heterocycles. The van der Waals surface area contributed by atoms with Gasteiger partial charge in [0.1, 0.15) is 0 Å². The third kappa shape index (κ3) is 3.14. The fourth-order valence-corrected chi connectivity index (χ4v) is 2.48. The number of hydrogen-bond acceptors (Lipinski definition) is 3. The van der Waals surface area contributed by atoms with Crippen LogP contribution in [0.4, 0.5) is 11.4 Å². The van der Waals surface area contributed by atoms with Crippen LogP contribution in [-0.2, 0) is 6.54 Å². The molecule has 0 amide bonds. The van der Waals surface area contributed by atoms with E-state index in [9.17, 15) is 0 Å². The average molecular weight is 277 g/mol. The molecule has 21 heavy (non-hydrogen) atoms. The van der Waals surface area contributed by atoms with E-state index in [4.69, 9.17) is 0 Å². The third-order valence-corrected chi connectivity index (χ3v) is 3.48. The summed E-state index contributed by atoms with van der Waals surface area (Å²) in [4.78, 5) is 4.25. The minimum Gasteiger partial charge on any atom is -0.384 e. The third-order valence-electron chi connectivity index (χ3n) is 3.48. The largest absolute Gasteiger partial charge is 0.384 e. The van der Waals surface area contributed by atoms with Crippen molar-refractivity contribution < 1.29 is 0 Å². The minimum atomic E-state index is 0.790. The first kappa shape index (κ1) is 13.4. The van der Waals surface area contributed by atoms with Gasteiger partial charge in [0.15, 0.2) is 0 Å². The molecule has 0 fully saturated rings. The molecule has 2 N–H and O–H groups in total. The number of rotatable bonds is 5. The van der Waals surface area contributed by atoms with Crippen molar-refractivity contribution in [2.45, 2.75) is 13.5 Å². The number of pyridine rings is 1. The number of nitrogens with zero attached hydrogens (tertiary/aromatic N) is 1. The highest BCUT2D eigenvalue weighted by atomic mass is 14.9. The van der Waals surface area contributed by atoms with Crippen LogP contribution in [0.15, 0.2) is 60.9 Å². The summed E-state index contributed by atoms with van der Waals surface area (Å²) >= 11 is 0. The zero-order valence-electron chi connectivity index (χ0n) is 12.1. The summed E-state index contributed by atoms with van der Waals surface area (Å²) in [5.41, 5.74) is 3.36. The van der Waals surface area contributed by atoms with Gasteiger partial charge >= 0.3 is 0 Å². The molecule has 0 saturated heterocycles. The van der Waals surface area contributed by atoms with Crippen molar-refractivity contribution in [2.24, 2.45) is 0 Å². The Bertz CT molecular complexity index is 732. The predicted molar refractivity (Wildman–Crippen MR) is 89.7 cm³/mol. The molecule has 0 saturated carbocycles. The van der Waals surface area contributed by atoms with E-state index in [1.165, 1.54) is 16.3 Å². The van der Waals surface area contributed by atoms with Crippen molar-refractivity contribution in [2.75, 3.05) is 17.2 Å². The molecule has 1 aromatic heterocycles. The summed E-state index contributed by atoms with van der Waals surface area (Å²) in [5.74, 6) is 0. The number of aromatic nitrogens is 1. The van der Waals surface area contributed by atoms with Crippen LogP contribution >= 0.6 is 0 Å². The van der Waals surface area contributed by atoms with Crippen LogP contribution < -0.4 is 10.6 Å². The first-order valence-electron chi connectivity index (χ1n) is 7.26. The lowest BCUT2D eigenvalue weighted by molar-refractivity contribution is 1.14. The second-order valence-corrected chi connectivity index (χ2v) is 4.98. The molecule has 3 aromatic rings. The fourth-order valence-electron chi connectivity index (χ4n) is 2.48. The van der Waals surface area contributed by atoms with Gasteiger partial charge in [0.25, 0.3) is 0 Å². The first-order valence-corrected chi connectivity index (χ1v) is 7.26. The maximum Gasteiger partial charge on any atom is 0.0550 e. The SMILES string of the molecule is CCNc1cncc(NCc2cccc3ccccc23)c1. The zero-order chi connectivity index (χ0) is 14.5. The van der Waals surface area contributed by atoms with Crippen LogP contribution in [0.1, 0.15) is 12.5 Å². The smallest absolute Gasteiger partial charge is 0.0550 e. The van der Waals surface area contributed by atoms with Crippen molar-refractivity contribution >= 4 is 22.1 Å². The maximum absolute atomic E-state index is 4.25. The van der Waals surface area contributed by atoms with Crippen LogP contribution in [-0.4, -0.2) is 11.5 Å². The van der Waals surface area contributed by atoms with Gasteiger partial charge in [-0.05, 0) is 29.3 Å². The van der Waals surface area contributed by atoms with Crippen LogP contribution in [0.2, 0.25) is 0 Å². The highest BCUT2D eigenvalue weighted by Crippen LogP contribution is 2.20. The van der Waals surface area contributed by atoms with Crippen molar-refractivity contribution in [1.82, 2.24) is 4.98 Å². The average Bonchev–Trinajstić information content (AvgIpc) is 2.53. The topological polar surface area (TPSA) is 37.0 Å². The Hall–Kier alpha value is -2.55. The number of anilines is 2. The monoisotopic (exact) mass is 277 g/mol. The Morgan fingerprint density at radius 2 is 1.67 bits per heavy atom. The highest BCUT2D eigenvalue weighted by Gasteiger charge is 2.01. The van der Waals surface area contributed by atoms with Gasteiger partial charge in [-0.2, -0.15) is 0 Å². The van der Waals surface area contributed by atoms with Gasteiger partial charge in [-0.3, -0.25) is 4.98 Å². The molecule has 0 aliphatic rings. The lowest BCUT2D eigenvalue weighted by atomic mass is 10.0. The molecule has 106 valence electrons. The van der Waals surface area contributed by atoms with Gasteiger partial charge in [-0.15, -0.1) is 0 Å². The summed E-state index contributed by atoms with van der Waals surface area (Å²) in [6, 6.07) is 17.0. The number of hydrogen-bond donors (Lipinski definition) is 2. The van der Waals surface area contributed by atoms with Crippen LogP contribution in [0.25, 0.3) is 10.8 Å². The Morgan fingerprint density at radius 1 is 0.905 bits per heavy atom. The number of nitrogens with one attached hydrogen (secondary N) is 2. The van der Waals surface area contributed by atoms with Crippen LogP contribution in [0.3, 0.4) is 0 Å². The van der Waals surface area contributed by atoms with Gasteiger partial charge in [-0.25, -0.2) is 0 Å². The molecule has 0 aliphatic carbocycles. The van der Waals surface area contributed by atoms with Crippen LogP contribution in [0.5, 0.6) is 0 Å². The van der Waals surface area contributed by atoms with Gasteiger partial charge in [0, 0.05) is 13.1 Å². The Labute approximate surface area is 125 Å². The summed E-state index contributed by atoms with van der Waals surface area (Å²) in [6.45, 7) is 3.77. The molecule has 0 bridgehead atoms. The van der Waals surface area contributed by atoms with E-state index >= 15 is 0 Å². The van der Waals surface area contributed by atoms with Gasteiger partial charge in [0.2, 0.25) is 0 Å². The van der Waals surface area contributed by atoms with Crippen molar-refractivity contribution in [3.63, 3.8) is 0 Å². The second-order valence-electron chi connectivity index (χ2n) is 4.98. The molecule has 0 spiro atoms. The highest BCUT2D eigenvalue weighted by molar-refractivity contribution is 5.85. The molecule has 0 aliphatic heterocycles. The van der Waals surface area contributed by atoms with Crippen molar-refractivity contribution in [1.29, 1.82) is 0 Å². The molecule has 0 radical (unpaired) electrons. The summed E-state index contributed by atoms with van der Waals surface area (Å²) in [5, 5.41) is 9.29. The molecule has 3 rings (SSSR count). The summed E-state index contributed by atoms with van der Waals surface area (Å²) < 4.78 is 0. The molecule has 3 nitrogen and oxygen atoms in total. The molecule has 3 heteroatoms. The molecule has 2 aromatic carbocycles. The van der Waals surface area contributed by atoms with E-state index in [1.54, 1.807) is 0 Å². The summed E-state index contributed by atoms with van der Waals surface area (Å²) in [7, 11) is 0. The van der Waals surface area contributed by atoms with Crippen molar-refractivity contribution in [3.8, 4) is 0 Å².